The number of carbonyl (C=O) groups is 2. The van der Waals surface area contributed by atoms with Crippen LogP contribution in [0.15, 0.2) is 42.2 Å². The zero-order chi connectivity index (χ0) is 22.1. The summed E-state index contributed by atoms with van der Waals surface area (Å²) in [6, 6.07) is 10.0. The first kappa shape index (κ1) is 23.3. The number of likely N-dealkylation sites (tertiary alicyclic amines) is 1. The van der Waals surface area contributed by atoms with E-state index in [9.17, 15) is 14.7 Å². The van der Waals surface area contributed by atoms with Gasteiger partial charge in [0, 0.05) is 51.1 Å². The summed E-state index contributed by atoms with van der Waals surface area (Å²) in [5, 5.41) is 12.3. The molecule has 2 N–H and O–H groups in total. The van der Waals surface area contributed by atoms with Crippen LogP contribution in [0.5, 0.6) is 0 Å². The SMILES string of the molecule is CCO[C@@H]1OC(C(=O)NCCCN2CCCC2=O)=C[C@H](c2ccccc2)[C@H]1CCCO. The maximum atomic E-state index is 12.8. The van der Waals surface area contributed by atoms with E-state index in [2.05, 4.69) is 5.32 Å². The monoisotopic (exact) mass is 430 g/mol. The van der Waals surface area contributed by atoms with Crippen molar-refractivity contribution in [2.75, 3.05) is 32.8 Å². The van der Waals surface area contributed by atoms with E-state index in [0.717, 1.165) is 24.9 Å². The van der Waals surface area contributed by atoms with Crippen LogP contribution in [0.2, 0.25) is 0 Å². The highest BCUT2D eigenvalue weighted by atomic mass is 16.7. The summed E-state index contributed by atoms with van der Waals surface area (Å²) in [5.74, 6) is 0.167. The van der Waals surface area contributed by atoms with Crippen molar-refractivity contribution in [3.05, 3.63) is 47.7 Å². The van der Waals surface area contributed by atoms with Gasteiger partial charge in [0.05, 0.1) is 0 Å². The molecule has 3 atom stereocenters. The number of carbonyl (C=O) groups excluding carboxylic acids is 2. The van der Waals surface area contributed by atoms with E-state index in [4.69, 9.17) is 9.47 Å². The Morgan fingerprint density at radius 1 is 1.29 bits per heavy atom. The maximum Gasteiger partial charge on any atom is 0.286 e. The molecule has 2 amide bonds. The van der Waals surface area contributed by atoms with E-state index in [1.165, 1.54) is 0 Å². The average molecular weight is 431 g/mol. The molecule has 0 saturated carbocycles. The summed E-state index contributed by atoms with van der Waals surface area (Å²) in [7, 11) is 0. The van der Waals surface area contributed by atoms with Crippen LogP contribution in [0.3, 0.4) is 0 Å². The molecule has 0 aromatic heterocycles. The molecule has 0 aliphatic carbocycles. The van der Waals surface area contributed by atoms with Crippen molar-refractivity contribution in [1.82, 2.24) is 10.2 Å². The lowest BCUT2D eigenvalue weighted by molar-refractivity contribution is -0.166. The number of allylic oxidation sites excluding steroid dienone is 1. The van der Waals surface area contributed by atoms with Crippen LogP contribution in [0.4, 0.5) is 0 Å². The molecule has 2 aliphatic heterocycles. The minimum Gasteiger partial charge on any atom is -0.459 e. The molecule has 1 saturated heterocycles. The molecule has 31 heavy (non-hydrogen) atoms. The molecule has 1 fully saturated rings. The molecular formula is C24H34N2O5. The first-order valence-electron chi connectivity index (χ1n) is 11.4. The number of amides is 2. The Morgan fingerprint density at radius 2 is 2.10 bits per heavy atom. The average Bonchev–Trinajstić information content (AvgIpc) is 3.20. The third-order valence-electron chi connectivity index (χ3n) is 5.88. The van der Waals surface area contributed by atoms with E-state index in [1.807, 2.05) is 48.2 Å². The molecule has 1 aromatic rings. The molecule has 0 bridgehead atoms. The second kappa shape index (κ2) is 11.9. The number of aliphatic hydroxyl groups is 1. The van der Waals surface area contributed by atoms with Crippen molar-refractivity contribution in [3.8, 4) is 0 Å². The number of aliphatic hydroxyl groups excluding tert-OH is 1. The Labute approximate surface area is 184 Å². The molecule has 2 heterocycles. The summed E-state index contributed by atoms with van der Waals surface area (Å²) in [6.07, 6.45) is 4.97. The lowest BCUT2D eigenvalue weighted by Crippen LogP contribution is -2.39. The third-order valence-corrected chi connectivity index (χ3v) is 5.88. The molecule has 7 nitrogen and oxygen atoms in total. The van der Waals surface area contributed by atoms with Crippen LogP contribution in [0.25, 0.3) is 0 Å². The maximum absolute atomic E-state index is 12.8. The fourth-order valence-corrected chi connectivity index (χ4v) is 4.32. The standard InChI is InChI=1S/C24H34N2O5/c1-2-30-24-19(11-7-16-27)20(18-9-4-3-5-10-18)17-21(31-24)23(29)25-13-8-15-26-14-6-12-22(26)28/h3-5,9-10,17,19-20,24,27H,2,6-8,11-16H2,1H3,(H,25,29)/t19-,20-,24-/m1/s1. The summed E-state index contributed by atoms with van der Waals surface area (Å²) in [4.78, 5) is 26.4. The predicted octanol–water partition coefficient (Wildman–Crippen LogP) is 2.56. The van der Waals surface area contributed by atoms with Gasteiger partial charge in [-0.2, -0.15) is 0 Å². The van der Waals surface area contributed by atoms with Gasteiger partial charge in [0.15, 0.2) is 5.76 Å². The van der Waals surface area contributed by atoms with Crippen LogP contribution in [-0.4, -0.2) is 61.0 Å². The Hall–Kier alpha value is -2.38. The molecular weight excluding hydrogens is 396 g/mol. The quantitative estimate of drug-likeness (QED) is 0.527. The topological polar surface area (TPSA) is 88.1 Å². The Morgan fingerprint density at radius 3 is 2.77 bits per heavy atom. The van der Waals surface area contributed by atoms with Gasteiger partial charge in [-0.1, -0.05) is 30.3 Å². The van der Waals surface area contributed by atoms with Gasteiger partial charge in [-0.3, -0.25) is 9.59 Å². The molecule has 3 rings (SSSR count). The molecule has 0 spiro atoms. The van der Waals surface area contributed by atoms with E-state index >= 15 is 0 Å². The highest BCUT2D eigenvalue weighted by Crippen LogP contribution is 2.39. The van der Waals surface area contributed by atoms with Crippen molar-refractivity contribution in [2.24, 2.45) is 5.92 Å². The number of ether oxygens (including phenoxy) is 2. The second-order valence-corrected chi connectivity index (χ2v) is 8.03. The van der Waals surface area contributed by atoms with Gasteiger partial charge >= 0.3 is 0 Å². The number of hydrogen-bond acceptors (Lipinski definition) is 5. The van der Waals surface area contributed by atoms with Gasteiger partial charge in [-0.15, -0.1) is 0 Å². The molecule has 170 valence electrons. The van der Waals surface area contributed by atoms with Crippen molar-refractivity contribution in [1.29, 1.82) is 0 Å². The van der Waals surface area contributed by atoms with Crippen LogP contribution >= 0.6 is 0 Å². The summed E-state index contributed by atoms with van der Waals surface area (Å²) >= 11 is 0. The first-order chi connectivity index (χ1) is 15.1. The lowest BCUT2D eigenvalue weighted by atomic mass is 9.80. The van der Waals surface area contributed by atoms with Crippen LogP contribution in [-0.2, 0) is 19.1 Å². The van der Waals surface area contributed by atoms with Crippen LogP contribution < -0.4 is 5.32 Å². The minimum absolute atomic E-state index is 0.00669. The van der Waals surface area contributed by atoms with E-state index in [0.29, 0.717) is 39.0 Å². The predicted molar refractivity (Wildman–Crippen MR) is 117 cm³/mol. The third kappa shape index (κ3) is 6.31. The van der Waals surface area contributed by atoms with Gasteiger partial charge in [-0.05, 0) is 44.2 Å². The molecule has 0 radical (unpaired) electrons. The van der Waals surface area contributed by atoms with Gasteiger partial charge in [0.25, 0.3) is 5.91 Å². The fraction of sp³-hybridized carbons (Fsp3) is 0.583. The number of nitrogens with one attached hydrogen (secondary N) is 1. The second-order valence-electron chi connectivity index (χ2n) is 8.03. The van der Waals surface area contributed by atoms with Crippen LogP contribution in [0, 0.1) is 5.92 Å². The van der Waals surface area contributed by atoms with Gasteiger partial charge < -0.3 is 24.8 Å². The number of hydrogen-bond donors (Lipinski definition) is 2. The van der Waals surface area contributed by atoms with Crippen molar-refractivity contribution >= 4 is 11.8 Å². The minimum atomic E-state index is -0.547. The Balaban J connectivity index is 1.67. The number of rotatable bonds is 11. The highest BCUT2D eigenvalue weighted by molar-refractivity contribution is 5.91. The summed E-state index contributed by atoms with van der Waals surface area (Å²) < 4.78 is 11.8. The highest BCUT2D eigenvalue weighted by Gasteiger charge is 2.37. The number of nitrogens with zero attached hydrogens (tertiary/aromatic N) is 1. The van der Waals surface area contributed by atoms with Crippen molar-refractivity contribution in [3.63, 3.8) is 0 Å². The Bertz CT molecular complexity index is 752. The van der Waals surface area contributed by atoms with Gasteiger partial charge in [0.2, 0.25) is 12.2 Å². The Kier molecular flexibility index (Phi) is 8.91. The first-order valence-corrected chi connectivity index (χ1v) is 11.4. The normalized spacial score (nSPS) is 23.4. The van der Waals surface area contributed by atoms with Crippen molar-refractivity contribution in [2.45, 2.75) is 51.2 Å². The summed E-state index contributed by atoms with van der Waals surface area (Å²) in [6.45, 7) is 4.43. The van der Waals surface area contributed by atoms with E-state index in [-0.39, 0.29) is 36.0 Å². The van der Waals surface area contributed by atoms with Crippen LogP contribution in [0.1, 0.15) is 50.5 Å². The largest absolute Gasteiger partial charge is 0.459 e. The zero-order valence-electron chi connectivity index (χ0n) is 18.3. The van der Waals surface area contributed by atoms with Gasteiger partial charge in [-0.25, -0.2) is 0 Å². The van der Waals surface area contributed by atoms with Gasteiger partial charge in [0.1, 0.15) is 0 Å². The molecule has 0 unspecified atom stereocenters. The summed E-state index contributed by atoms with van der Waals surface area (Å²) in [5.41, 5.74) is 1.09. The van der Waals surface area contributed by atoms with E-state index in [1.54, 1.807) is 0 Å². The smallest absolute Gasteiger partial charge is 0.286 e. The molecule has 1 aromatic carbocycles. The zero-order valence-corrected chi connectivity index (χ0v) is 18.3. The molecule has 2 aliphatic rings. The fourth-order valence-electron chi connectivity index (χ4n) is 4.32. The molecule has 7 heteroatoms. The van der Waals surface area contributed by atoms with Crippen molar-refractivity contribution < 1.29 is 24.2 Å². The lowest BCUT2D eigenvalue weighted by Gasteiger charge is -2.37. The number of benzene rings is 1. The van der Waals surface area contributed by atoms with E-state index < -0.39 is 6.29 Å².